The third-order valence-corrected chi connectivity index (χ3v) is 6.70. The third kappa shape index (κ3) is 4.55. The molecular formula is C21H23N3O2S2. The van der Waals surface area contributed by atoms with Crippen molar-refractivity contribution in [3.8, 4) is 10.6 Å². The van der Waals surface area contributed by atoms with E-state index in [0.29, 0.717) is 19.6 Å². The first-order valence-corrected chi connectivity index (χ1v) is 11.1. The highest BCUT2D eigenvalue weighted by molar-refractivity contribution is 7.16. The summed E-state index contributed by atoms with van der Waals surface area (Å²) in [7, 11) is 0. The second kappa shape index (κ2) is 8.61. The van der Waals surface area contributed by atoms with Gasteiger partial charge in [0.2, 0.25) is 0 Å². The van der Waals surface area contributed by atoms with Crippen LogP contribution in [0.3, 0.4) is 0 Å². The quantitative estimate of drug-likeness (QED) is 0.610. The van der Waals surface area contributed by atoms with Crippen LogP contribution in [0.4, 0.5) is 0 Å². The average Bonchev–Trinajstić information content (AvgIpc) is 3.28. The fraction of sp³-hybridized carbons (Fsp3) is 0.381. The lowest BCUT2D eigenvalue weighted by molar-refractivity contribution is -0.121. The van der Waals surface area contributed by atoms with Gasteiger partial charge in [-0.05, 0) is 19.4 Å². The molecule has 2 aromatic heterocycles. The van der Waals surface area contributed by atoms with Crippen molar-refractivity contribution >= 4 is 28.5 Å². The summed E-state index contributed by atoms with van der Waals surface area (Å²) >= 11 is 3.21. The number of aromatic nitrogens is 2. The van der Waals surface area contributed by atoms with Gasteiger partial charge in [0.1, 0.15) is 5.01 Å². The van der Waals surface area contributed by atoms with E-state index in [2.05, 4.69) is 27.0 Å². The number of ether oxygens (including phenoxy) is 1. The Bertz CT molecular complexity index is 952. The molecule has 0 saturated carbocycles. The molecule has 0 radical (unpaired) electrons. The van der Waals surface area contributed by atoms with E-state index in [1.807, 2.05) is 37.4 Å². The molecule has 5 nitrogen and oxygen atoms in total. The number of ketones is 1. The highest BCUT2D eigenvalue weighted by Crippen LogP contribution is 2.30. The van der Waals surface area contributed by atoms with Crippen LogP contribution >= 0.6 is 22.7 Å². The van der Waals surface area contributed by atoms with E-state index < -0.39 is 0 Å². The van der Waals surface area contributed by atoms with Crippen LogP contribution in [0.5, 0.6) is 0 Å². The normalized spacial score (nSPS) is 17.7. The Morgan fingerprint density at radius 1 is 1.25 bits per heavy atom. The number of hydrogen-bond acceptors (Lipinski definition) is 7. The van der Waals surface area contributed by atoms with Crippen molar-refractivity contribution in [3.05, 3.63) is 57.0 Å². The summed E-state index contributed by atoms with van der Waals surface area (Å²) in [5.74, 6) is 0.201. The molecule has 1 aliphatic rings. The highest BCUT2D eigenvalue weighted by atomic mass is 32.1. The molecule has 0 spiro atoms. The van der Waals surface area contributed by atoms with E-state index in [-0.39, 0.29) is 11.9 Å². The number of benzene rings is 1. The molecule has 4 rings (SSSR count). The van der Waals surface area contributed by atoms with Crippen molar-refractivity contribution in [1.29, 1.82) is 0 Å². The summed E-state index contributed by atoms with van der Waals surface area (Å²) in [6, 6.07) is 10.2. The van der Waals surface area contributed by atoms with Crippen LogP contribution in [0.2, 0.25) is 0 Å². The zero-order valence-corrected chi connectivity index (χ0v) is 17.7. The fourth-order valence-corrected chi connectivity index (χ4v) is 5.22. The molecular weight excluding hydrogens is 390 g/mol. The maximum absolute atomic E-state index is 12.6. The fourth-order valence-electron chi connectivity index (χ4n) is 3.45. The number of rotatable bonds is 6. The van der Waals surface area contributed by atoms with Crippen molar-refractivity contribution in [1.82, 2.24) is 14.9 Å². The van der Waals surface area contributed by atoms with E-state index >= 15 is 0 Å². The molecule has 28 heavy (non-hydrogen) atoms. The number of carbonyl (C=O) groups excluding carboxylic acids is 1. The summed E-state index contributed by atoms with van der Waals surface area (Å²) < 4.78 is 5.89. The van der Waals surface area contributed by atoms with Gasteiger partial charge >= 0.3 is 0 Å². The molecule has 1 atom stereocenters. The number of nitrogens with zero attached hydrogens (tertiary/aromatic N) is 3. The second-order valence-corrected chi connectivity index (χ2v) is 9.14. The van der Waals surface area contributed by atoms with Gasteiger partial charge in [0.15, 0.2) is 5.78 Å². The maximum Gasteiger partial charge on any atom is 0.153 e. The molecule has 7 heteroatoms. The Morgan fingerprint density at radius 3 is 2.82 bits per heavy atom. The van der Waals surface area contributed by atoms with Crippen molar-refractivity contribution < 1.29 is 9.53 Å². The first kappa shape index (κ1) is 19.4. The highest BCUT2D eigenvalue weighted by Gasteiger charge is 2.23. The lowest BCUT2D eigenvalue weighted by Gasteiger charge is -2.32. The molecule has 1 saturated heterocycles. The predicted molar refractivity (Wildman–Crippen MR) is 113 cm³/mol. The number of thiazole rings is 2. The summed E-state index contributed by atoms with van der Waals surface area (Å²) in [4.78, 5) is 25.0. The van der Waals surface area contributed by atoms with Gasteiger partial charge in [-0.2, -0.15) is 0 Å². The van der Waals surface area contributed by atoms with E-state index in [9.17, 15) is 4.79 Å². The van der Waals surface area contributed by atoms with Gasteiger partial charge in [0, 0.05) is 18.5 Å². The number of morpholine rings is 1. The van der Waals surface area contributed by atoms with Crippen molar-refractivity contribution in [3.63, 3.8) is 0 Å². The number of hydrogen-bond donors (Lipinski definition) is 0. The smallest absolute Gasteiger partial charge is 0.153 e. The summed E-state index contributed by atoms with van der Waals surface area (Å²) in [6.07, 6.45) is 0.418. The number of Topliss-reactive ketones (excluding diaryl/α,β-unsaturated/α-hetero) is 1. The Kier molecular flexibility index (Phi) is 5.96. The zero-order chi connectivity index (χ0) is 19.5. The topological polar surface area (TPSA) is 55.3 Å². The monoisotopic (exact) mass is 413 g/mol. The lowest BCUT2D eigenvalue weighted by atomic mass is 10.1. The molecule has 146 valence electrons. The SMILES string of the molecule is Cc1nc(C)c(-c2csc(CC(=O)CN3CCOC(c4ccccc4)C3)n2)s1. The Hall–Kier alpha value is -1.93. The van der Waals surface area contributed by atoms with Crippen molar-refractivity contribution in [2.75, 3.05) is 26.2 Å². The van der Waals surface area contributed by atoms with Gasteiger partial charge in [-0.25, -0.2) is 9.97 Å². The largest absolute Gasteiger partial charge is 0.371 e. The van der Waals surface area contributed by atoms with Gasteiger partial charge in [0.25, 0.3) is 0 Å². The van der Waals surface area contributed by atoms with Crippen LogP contribution in [0.1, 0.15) is 27.4 Å². The third-order valence-electron chi connectivity index (χ3n) is 4.76. The molecule has 0 aliphatic carbocycles. The minimum absolute atomic E-state index is 0.0340. The minimum atomic E-state index is 0.0340. The summed E-state index contributed by atoms with van der Waals surface area (Å²) in [5.41, 5.74) is 3.11. The van der Waals surface area contributed by atoms with E-state index in [0.717, 1.165) is 39.4 Å². The first-order chi connectivity index (χ1) is 13.6. The van der Waals surface area contributed by atoms with E-state index in [1.165, 1.54) is 5.56 Å². The second-order valence-electron chi connectivity index (χ2n) is 6.99. The van der Waals surface area contributed by atoms with Crippen LogP contribution in [-0.2, 0) is 16.0 Å². The molecule has 0 amide bonds. The van der Waals surface area contributed by atoms with Crippen molar-refractivity contribution in [2.45, 2.75) is 26.4 Å². The van der Waals surface area contributed by atoms with Crippen molar-refractivity contribution in [2.24, 2.45) is 0 Å². The maximum atomic E-state index is 12.6. The molecule has 1 aliphatic heterocycles. The van der Waals surface area contributed by atoms with Gasteiger partial charge in [-0.1, -0.05) is 30.3 Å². The standard InChI is InChI=1S/C21H23N3O2S2/c1-14-21(28-15(2)22-14)18-13-27-20(23-18)10-17(25)11-24-8-9-26-19(12-24)16-6-4-3-5-7-16/h3-7,13,19H,8-12H2,1-2H3. The van der Waals surface area contributed by atoms with Gasteiger partial charge in [-0.3, -0.25) is 9.69 Å². The molecule has 3 heterocycles. The van der Waals surface area contributed by atoms with E-state index in [1.54, 1.807) is 22.7 Å². The summed E-state index contributed by atoms with van der Waals surface area (Å²) in [6.45, 7) is 6.64. The average molecular weight is 414 g/mol. The van der Waals surface area contributed by atoms with Crippen LogP contribution in [0.15, 0.2) is 35.7 Å². The molecule has 1 fully saturated rings. The van der Waals surface area contributed by atoms with Gasteiger partial charge in [0.05, 0.1) is 46.9 Å². The number of carbonyl (C=O) groups is 1. The van der Waals surface area contributed by atoms with Gasteiger partial charge < -0.3 is 4.74 Å². The molecule has 3 aromatic rings. The van der Waals surface area contributed by atoms with E-state index in [4.69, 9.17) is 4.74 Å². The van der Waals surface area contributed by atoms with Crippen LogP contribution in [-0.4, -0.2) is 46.9 Å². The minimum Gasteiger partial charge on any atom is -0.371 e. The van der Waals surface area contributed by atoms with Crippen LogP contribution < -0.4 is 0 Å². The predicted octanol–water partition coefficient (Wildman–Crippen LogP) is 4.07. The lowest BCUT2D eigenvalue weighted by Crippen LogP contribution is -2.41. The molecule has 0 bridgehead atoms. The Balaban J connectivity index is 1.35. The number of aryl methyl sites for hydroxylation is 2. The molecule has 1 aromatic carbocycles. The van der Waals surface area contributed by atoms with Crippen LogP contribution in [0.25, 0.3) is 10.6 Å². The molecule has 0 N–H and O–H groups in total. The van der Waals surface area contributed by atoms with Crippen LogP contribution in [0, 0.1) is 13.8 Å². The summed E-state index contributed by atoms with van der Waals surface area (Å²) in [5, 5.41) is 3.94. The molecule has 1 unspecified atom stereocenters. The zero-order valence-electron chi connectivity index (χ0n) is 16.1. The Labute approximate surface area is 173 Å². The first-order valence-electron chi connectivity index (χ1n) is 9.38. The van der Waals surface area contributed by atoms with Gasteiger partial charge in [-0.15, -0.1) is 22.7 Å². The Morgan fingerprint density at radius 2 is 2.07 bits per heavy atom.